The summed E-state index contributed by atoms with van der Waals surface area (Å²) in [5, 5.41) is 7.86. The summed E-state index contributed by atoms with van der Waals surface area (Å²) in [4.78, 5) is 18.8. The molecule has 4 heterocycles. The second kappa shape index (κ2) is 7.29. The average Bonchev–Trinajstić information content (AvgIpc) is 3.34. The van der Waals surface area contributed by atoms with Crippen molar-refractivity contribution in [1.82, 2.24) is 20.2 Å². The van der Waals surface area contributed by atoms with Gasteiger partial charge in [-0.15, -0.1) is 0 Å². The fourth-order valence-electron chi connectivity index (χ4n) is 3.67. The SMILES string of the molecule is CCc1cc(C(=O)N2CCC[C@@H](c3cc(C(F)F)c4c(C)noc4n3)C2)no1. The monoisotopic (exact) mass is 390 g/mol. The van der Waals surface area contributed by atoms with Crippen LogP contribution >= 0.6 is 0 Å². The number of likely N-dealkylation sites (tertiary alicyclic amines) is 1. The van der Waals surface area contributed by atoms with E-state index in [1.165, 1.54) is 6.07 Å². The van der Waals surface area contributed by atoms with Crippen LogP contribution in [0.25, 0.3) is 11.1 Å². The molecule has 28 heavy (non-hydrogen) atoms. The molecule has 0 aliphatic carbocycles. The van der Waals surface area contributed by atoms with E-state index < -0.39 is 6.43 Å². The Balaban J connectivity index is 1.61. The zero-order valence-corrected chi connectivity index (χ0v) is 15.6. The van der Waals surface area contributed by atoms with Crippen LogP contribution in [0.15, 0.2) is 21.2 Å². The number of piperidine rings is 1. The highest BCUT2D eigenvalue weighted by molar-refractivity contribution is 5.92. The van der Waals surface area contributed by atoms with E-state index in [4.69, 9.17) is 9.05 Å². The number of amides is 1. The second-order valence-corrected chi connectivity index (χ2v) is 7.01. The molecule has 1 aliphatic heterocycles. The molecule has 3 aromatic rings. The summed E-state index contributed by atoms with van der Waals surface area (Å²) < 4.78 is 37.4. The van der Waals surface area contributed by atoms with Crippen LogP contribution in [0.2, 0.25) is 0 Å². The van der Waals surface area contributed by atoms with Crippen LogP contribution in [0.3, 0.4) is 0 Å². The van der Waals surface area contributed by atoms with E-state index in [1.54, 1.807) is 17.9 Å². The predicted molar refractivity (Wildman–Crippen MR) is 95.3 cm³/mol. The number of aryl methyl sites for hydroxylation is 2. The molecule has 9 heteroatoms. The maximum absolute atomic E-state index is 13.6. The summed E-state index contributed by atoms with van der Waals surface area (Å²) in [5.74, 6) is 0.257. The number of halogens is 2. The molecule has 1 saturated heterocycles. The van der Waals surface area contributed by atoms with Crippen molar-refractivity contribution in [2.45, 2.75) is 45.5 Å². The second-order valence-electron chi connectivity index (χ2n) is 7.01. The van der Waals surface area contributed by atoms with Gasteiger partial charge in [0.05, 0.1) is 11.1 Å². The van der Waals surface area contributed by atoms with Gasteiger partial charge in [-0.1, -0.05) is 17.2 Å². The van der Waals surface area contributed by atoms with Crippen LogP contribution in [-0.2, 0) is 6.42 Å². The Morgan fingerprint density at radius 3 is 2.86 bits per heavy atom. The standard InChI is InChI=1S/C19H20F2N4O3/c1-3-12-7-15(24-27-12)19(26)25-6-4-5-11(9-25)14-8-13(17(20)21)16-10(2)23-28-18(16)22-14/h7-8,11,17H,3-6,9H2,1-2H3/t11-/m1/s1. The van der Waals surface area contributed by atoms with Crippen LogP contribution in [0, 0.1) is 6.92 Å². The van der Waals surface area contributed by atoms with E-state index in [0.29, 0.717) is 36.7 Å². The van der Waals surface area contributed by atoms with Crippen molar-refractivity contribution in [2.75, 3.05) is 13.1 Å². The number of carbonyl (C=O) groups is 1. The van der Waals surface area contributed by atoms with Crippen molar-refractivity contribution in [3.05, 3.63) is 40.5 Å². The lowest BCUT2D eigenvalue weighted by Gasteiger charge is -2.32. The van der Waals surface area contributed by atoms with Crippen LogP contribution in [0.5, 0.6) is 0 Å². The van der Waals surface area contributed by atoms with E-state index in [0.717, 1.165) is 12.8 Å². The first-order valence-corrected chi connectivity index (χ1v) is 9.27. The summed E-state index contributed by atoms with van der Waals surface area (Å²) >= 11 is 0. The Morgan fingerprint density at radius 1 is 1.32 bits per heavy atom. The molecule has 1 fully saturated rings. The van der Waals surface area contributed by atoms with Gasteiger partial charge in [-0.3, -0.25) is 4.79 Å². The molecule has 0 saturated carbocycles. The summed E-state index contributed by atoms with van der Waals surface area (Å²) in [6, 6.07) is 3.06. The fraction of sp³-hybridized carbons (Fsp3) is 0.474. The summed E-state index contributed by atoms with van der Waals surface area (Å²) in [6.45, 7) is 4.48. The van der Waals surface area contributed by atoms with Gasteiger partial charge in [-0.05, 0) is 25.8 Å². The maximum Gasteiger partial charge on any atom is 0.276 e. The number of rotatable bonds is 4. The topological polar surface area (TPSA) is 85.3 Å². The van der Waals surface area contributed by atoms with E-state index in [1.807, 2.05) is 6.92 Å². The number of nitrogens with zero attached hydrogens (tertiary/aromatic N) is 4. The summed E-state index contributed by atoms with van der Waals surface area (Å²) in [7, 11) is 0. The third-order valence-electron chi connectivity index (χ3n) is 5.16. The number of fused-ring (bicyclic) bond motifs is 1. The van der Waals surface area contributed by atoms with Crippen molar-refractivity contribution in [1.29, 1.82) is 0 Å². The largest absolute Gasteiger partial charge is 0.361 e. The molecular weight excluding hydrogens is 370 g/mol. The molecule has 0 radical (unpaired) electrons. The fourth-order valence-corrected chi connectivity index (χ4v) is 3.67. The quantitative estimate of drug-likeness (QED) is 0.668. The van der Waals surface area contributed by atoms with Gasteiger partial charge >= 0.3 is 0 Å². The lowest BCUT2D eigenvalue weighted by Crippen LogP contribution is -2.39. The van der Waals surface area contributed by atoms with E-state index in [-0.39, 0.29) is 34.2 Å². The third kappa shape index (κ3) is 3.25. The Bertz CT molecular complexity index is 1010. The van der Waals surface area contributed by atoms with E-state index >= 15 is 0 Å². The minimum absolute atomic E-state index is 0.109. The lowest BCUT2D eigenvalue weighted by atomic mass is 9.92. The number of carbonyl (C=O) groups excluding carboxylic acids is 1. The van der Waals surface area contributed by atoms with Gasteiger partial charge < -0.3 is 13.9 Å². The highest BCUT2D eigenvalue weighted by Crippen LogP contribution is 2.34. The van der Waals surface area contributed by atoms with Crippen LogP contribution in [-0.4, -0.2) is 39.2 Å². The Labute approximate surface area is 159 Å². The highest BCUT2D eigenvalue weighted by Gasteiger charge is 2.30. The minimum Gasteiger partial charge on any atom is -0.361 e. The van der Waals surface area contributed by atoms with Crippen LogP contribution in [0.4, 0.5) is 8.78 Å². The molecule has 0 N–H and O–H groups in total. The number of alkyl halides is 2. The molecule has 0 spiro atoms. The molecule has 7 nitrogen and oxygen atoms in total. The van der Waals surface area contributed by atoms with Crippen molar-refractivity contribution in [2.24, 2.45) is 0 Å². The van der Waals surface area contributed by atoms with Crippen LogP contribution < -0.4 is 0 Å². The van der Waals surface area contributed by atoms with E-state index in [2.05, 4.69) is 15.3 Å². The van der Waals surface area contributed by atoms with Gasteiger partial charge in [-0.25, -0.2) is 13.8 Å². The predicted octanol–water partition coefficient (Wildman–Crippen LogP) is 4.04. The van der Waals surface area contributed by atoms with Crippen LogP contribution in [0.1, 0.15) is 65.3 Å². The van der Waals surface area contributed by atoms with Crippen molar-refractivity contribution >= 4 is 17.0 Å². The Morgan fingerprint density at radius 2 is 2.14 bits per heavy atom. The smallest absolute Gasteiger partial charge is 0.276 e. The number of hydrogen-bond donors (Lipinski definition) is 0. The maximum atomic E-state index is 13.6. The lowest BCUT2D eigenvalue weighted by molar-refractivity contribution is 0.0695. The van der Waals surface area contributed by atoms with Gasteiger partial charge in [0.1, 0.15) is 5.76 Å². The molecule has 148 valence electrons. The van der Waals surface area contributed by atoms with Gasteiger partial charge in [-0.2, -0.15) is 0 Å². The molecule has 0 bridgehead atoms. The highest BCUT2D eigenvalue weighted by atomic mass is 19.3. The Kier molecular flexibility index (Phi) is 4.82. The number of aromatic nitrogens is 3. The summed E-state index contributed by atoms with van der Waals surface area (Å²) in [6.07, 6.45) is -0.517. The molecular formula is C19H20F2N4O3. The minimum atomic E-state index is -2.66. The number of hydrogen-bond acceptors (Lipinski definition) is 6. The van der Waals surface area contributed by atoms with Gasteiger partial charge in [0.2, 0.25) is 0 Å². The average molecular weight is 390 g/mol. The molecule has 0 unspecified atom stereocenters. The molecule has 1 aliphatic rings. The van der Waals surface area contributed by atoms with Gasteiger partial charge in [0, 0.05) is 42.8 Å². The van der Waals surface area contributed by atoms with Crippen molar-refractivity contribution < 1.29 is 22.6 Å². The molecule has 3 aromatic heterocycles. The summed E-state index contributed by atoms with van der Waals surface area (Å²) in [5.41, 5.74) is 1.12. The molecule has 0 aromatic carbocycles. The zero-order valence-electron chi connectivity index (χ0n) is 15.6. The van der Waals surface area contributed by atoms with Gasteiger partial charge in [0.15, 0.2) is 5.69 Å². The van der Waals surface area contributed by atoms with E-state index in [9.17, 15) is 13.6 Å². The first-order chi connectivity index (χ1) is 13.5. The molecule has 1 atom stereocenters. The van der Waals surface area contributed by atoms with Gasteiger partial charge in [0.25, 0.3) is 18.0 Å². The number of pyridine rings is 1. The molecule has 4 rings (SSSR count). The normalized spacial score (nSPS) is 17.6. The van der Waals surface area contributed by atoms with Crippen molar-refractivity contribution in [3.8, 4) is 0 Å². The van der Waals surface area contributed by atoms with Crippen molar-refractivity contribution in [3.63, 3.8) is 0 Å². The first-order valence-electron chi connectivity index (χ1n) is 9.27. The molecule has 1 amide bonds. The third-order valence-corrected chi connectivity index (χ3v) is 5.16. The Hall–Kier alpha value is -2.84. The first kappa shape index (κ1) is 18.5. The zero-order chi connectivity index (χ0) is 19.8.